The average molecular weight is 450 g/mol. The van der Waals surface area contributed by atoms with Gasteiger partial charge in [0.15, 0.2) is 5.82 Å². The van der Waals surface area contributed by atoms with Crippen molar-refractivity contribution in [3.8, 4) is 23.2 Å². The molecule has 33 heavy (non-hydrogen) atoms. The first kappa shape index (κ1) is 21.8. The first-order valence-electron chi connectivity index (χ1n) is 10.4. The third kappa shape index (κ3) is 3.73. The van der Waals surface area contributed by atoms with Crippen LogP contribution in [0.2, 0.25) is 0 Å². The monoisotopic (exact) mass is 450 g/mol. The maximum absolute atomic E-state index is 14.1. The van der Waals surface area contributed by atoms with Gasteiger partial charge in [-0.3, -0.25) is 4.68 Å². The van der Waals surface area contributed by atoms with Crippen LogP contribution in [0.25, 0.3) is 11.3 Å². The first-order valence-corrected chi connectivity index (χ1v) is 10.4. The molecule has 0 spiro atoms. The number of hydrazine groups is 2. The molecular weight excluding hydrogens is 427 g/mol. The van der Waals surface area contributed by atoms with Crippen LogP contribution in [0, 0.1) is 17.1 Å². The Labute approximate surface area is 189 Å². The van der Waals surface area contributed by atoms with Crippen LogP contribution < -0.4 is 21.1 Å². The Balaban J connectivity index is 0.00000126. The van der Waals surface area contributed by atoms with Crippen molar-refractivity contribution >= 4 is 17.8 Å². The number of rotatable bonds is 0. The summed E-state index contributed by atoms with van der Waals surface area (Å²) in [4.78, 5) is 8.70. The quantitative estimate of drug-likeness (QED) is 0.530. The number of hydrogen-bond donors (Lipinski definition) is 2. The molecule has 0 saturated carbocycles. The molecule has 2 aliphatic heterocycles. The molecule has 2 aromatic heterocycles. The van der Waals surface area contributed by atoms with Crippen molar-refractivity contribution in [2.24, 2.45) is 12.1 Å². The number of ether oxygens (including phenoxy) is 1. The van der Waals surface area contributed by atoms with Gasteiger partial charge in [0.25, 0.3) is 5.88 Å². The number of benzene rings is 1. The van der Waals surface area contributed by atoms with E-state index in [0.717, 1.165) is 0 Å². The summed E-state index contributed by atoms with van der Waals surface area (Å²) >= 11 is 0. The molecule has 0 fully saturated rings. The van der Waals surface area contributed by atoms with E-state index in [0.29, 0.717) is 33.9 Å². The largest absolute Gasteiger partial charge is 0.467 e. The average Bonchev–Trinajstić information content (AvgIpc) is 3.39. The Morgan fingerprint density at radius 3 is 2.88 bits per heavy atom. The van der Waals surface area contributed by atoms with Gasteiger partial charge in [0.1, 0.15) is 30.0 Å². The number of nitriles is 1. The number of halogens is 1. The van der Waals surface area contributed by atoms with Gasteiger partial charge >= 0.3 is 0 Å². The van der Waals surface area contributed by atoms with Gasteiger partial charge in [-0.05, 0) is 25.1 Å². The highest BCUT2D eigenvalue weighted by atomic mass is 19.1. The molecule has 1 atom stereocenters. The molecule has 0 aliphatic carbocycles. The molecule has 1 aromatic carbocycles. The summed E-state index contributed by atoms with van der Waals surface area (Å²) in [6.45, 7) is 6.02. The molecule has 3 N–H and O–H groups in total. The molecule has 5 rings (SSSR count). The number of aromatic nitrogens is 4. The number of fused-ring (bicyclic) bond motifs is 7. The summed E-state index contributed by atoms with van der Waals surface area (Å²) in [5, 5.41) is 21.8. The smallest absolute Gasteiger partial charge is 0.258 e. The van der Waals surface area contributed by atoms with Crippen LogP contribution in [0.4, 0.5) is 15.9 Å². The van der Waals surface area contributed by atoms with E-state index in [9.17, 15) is 9.65 Å². The first-order chi connectivity index (χ1) is 16.0. The molecule has 4 heterocycles. The van der Waals surface area contributed by atoms with Gasteiger partial charge in [0, 0.05) is 12.6 Å². The lowest BCUT2D eigenvalue weighted by molar-refractivity contribution is 0.216. The van der Waals surface area contributed by atoms with E-state index in [4.69, 9.17) is 10.5 Å². The molecular formula is C21H23FN10O. The number of anilines is 2. The lowest BCUT2D eigenvalue weighted by Crippen LogP contribution is -2.43. The topological polar surface area (TPSA) is 134 Å². The Morgan fingerprint density at radius 1 is 1.33 bits per heavy atom. The van der Waals surface area contributed by atoms with E-state index >= 15 is 0 Å². The second kappa shape index (κ2) is 8.62. The third-order valence-electron chi connectivity index (χ3n) is 5.11. The predicted octanol–water partition coefficient (Wildman–Crippen LogP) is 2.63. The fourth-order valence-corrected chi connectivity index (χ4v) is 3.66. The molecule has 11 nitrogen and oxygen atoms in total. The van der Waals surface area contributed by atoms with Crippen LogP contribution in [-0.4, -0.2) is 31.1 Å². The molecule has 3 aromatic rings. The van der Waals surface area contributed by atoms with E-state index in [1.807, 2.05) is 13.8 Å². The molecule has 2 bridgehead atoms. The summed E-state index contributed by atoms with van der Waals surface area (Å²) in [6.07, 6.45) is 2.43. The predicted molar refractivity (Wildman–Crippen MR) is 120 cm³/mol. The zero-order chi connectivity index (χ0) is 23.7. The number of aryl methyl sites for hydroxylation is 1. The van der Waals surface area contributed by atoms with Crippen LogP contribution >= 0.6 is 0 Å². The number of nitrogens with two attached hydrogens (primary N) is 1. The number of nitrogen functional groups attached to an aromatic ring is 1. The Bertz CT molecular complexity index is 1260. The van der Waals surface area contributed by atoms with Crippen molar-refractivity contribution in [3.05, 3.63) is 47.2 Å². The number of hydrazone groups is 1. The van der Waals surface area contributed by atoms with Crippen LogP contribution in [0.3, 0.4) is 0 Å². The standard InChI is InChI=1S/C19H17FN10O.C2H6/c1-10-12-5-11(20)3-4-15(12)30-27-24-9-29(30)8-14-17(16(6-21)28(2)26-14)13-7-23-18(22)19(25-13)31-10;1-2/h3-5,7,9-10,27H,8H2,1-2H3,(H2,22,23);1-2H3. The zero-order valence-corrected chi connectivity index (χ0v) is 18.6. The van der Waals surface area contributed by atoms with E-state index in [2.05, 4.69) is 31.8 Å². The van der Waals surface area contributed by atoms with E-state index < -0.39 is 11.9 Å². The van der Waals surface area contributed by atoms with E-state index in [1.54, 1.807) is 36.5 Å². The minimum Gasteiger partial charge on any atom is -0.467 e. The summed E-state index contributed by atoms with van der Waals surface area (Å²) < 4.78 is 21.6. The van der Waals surface area contributed by atoms with Crippen molar-refractivity contribution in [1.82, 2.24) is 30.3 Å². The van der Waals surface area contributed by atoms with Gasteiger partial charge in [-0.25, -0.2) is 19.4 Å². The fraction of sp³-hybridized carbons (Fsp3) is 0.286. The normalized spacial score (nSPS) is 15.9. The number of nitrogens with zero attached hydrogens (tertiary/aromatic N) is 8. The molecule has 0 amide bonds. The summed E-state index contributed by atoms with van der Waals surface area (Å²) in [5.41, 5.74) is 11.9. The second-order valence-electron chi connectivity index (χ2n) is 7.07. The van der Waals surface area contributed by atoms with Crippen LogP contribution in [0.5, 0.6) is 5.88 Å². The summed E-state index contributed by atoms with van der Waals surface area (Å²) in [6, 6.07) is 6.53. The Kier molecular flexibility index (Phi) is 5.70. The highest BCUT2D eigenvalue weighted by molar-refractivity contribution is 5.71. The summed E-state index contributed by atoms with van der Waals surface area (Å²) in [7, 11) is 1.68. The summed E-state index contributed by atoms with van der Waals surface area (Å²) in [5.74, 6) is -0.243. The lowest BCUT2D eigenvalue weighted by atomic mass is 10.1. The molecule has 2 aliphatic rings. The second-order valence-corrected chi connectivity index (χ2v) is 7.07. The minimum atomic E-state index is -0.620. The highest BCUT2D eigenvalue weighted by Crippen LogP contribution is 2.35. The molecule has 1 unspecified atom stereocenters. The minimum absolute atomic E-state index is 0.0822. The van der Waals surface area contributed by atoms with Crippen LogP contribution in [0.15, 0.2) is 29.5 Å². The SMILES string of the molecule is CC.CC1Oc2nc(cnc2N)-c2c(nn(C)c2C#N)CN2C=NNN2c2ccc(F)cc21. The van der Waals surface area contributed by atoms with Crippen molar-refractivity contribution in [2.75, 3.05) is 10.9 Å². The lowest BCUT2D eigenvalue weighted by Gasteiger charge is -2.31. The number of nitrogens with one attached hydrogen (secondary N) is 1. The maximum atomic E-state index is 14.1. The third-order valence-corrected chi connectivity index (χ3v) is 5.11. The van der Waals surface area contributed by atoms with Crippen molar-refractivity contribution in [1.29, 1.82) is 5.26 Å². The van der Waals surface area contributed by atoms with Crippen LogP contribution in [-0.2, 0) is 13.6 Å². The highest BCUT2D eigenvalue weighted by Gasteiger charge is 2.29. The maximum Gasteiger partial charge on any atom is 0.258 e. The van der Waals surface area contributed by atoms with Gasteiger partial charge < -0.3 is 10.5 Å². The Hall–Kier alpha value is -4.40. The van der Waals surface area contributed by atoms with Gasteiger partial charge in [-0.15, -0.1) is 5.10 Å². The molecule has 12 heteroatoms. The molecule has 0 saturated heterocycles. The fourth-order valence-electron chi connectivity index (χ4n) is 3.66. The zero-order valence-electron chi connectivity index (χ0n) is 18.6. The van der Waals surface area contributed by atoms with Gasteiger partial charge in [0.2, 0.25) is 0 Å². The van der Waals surface area contributed by atoms with Crippen molar-refractivity contribution in [3.63, 3.8) is 0 Å². The van der Waals surface area contributed by atoms with Crippen molar-refractivity contribution < 1.29 is 9.13 Å². The number of hydrogen-bond acceptors (Lipinski definition) is 10. The van der Waals surface area contributed by atoms with Gasteiger partial charge in [-0.1, -0.05) is 13.8 Å². The van der Waals surface area contributed by atoms with Gasteiger partial charge in [-0.2, -0.15) is 21.0 Å². The molecule has 170 valence electrons. The molecule has 0 radical (unpaired) electrons. The van der Waals surface area contributed by atoms with E-state index in [-0.39, 0.29) is 18.2 Å². The van der Waals surface area contributed by atoms with Crippen molar-refractivity contribution in [2.45, 2.75) is 33.4 Å². The van der Waals surface area contributed by atoms with E-state index in [1.165, 1.54) is 23.0 Å². The Morgan fingerprint density at radius 2 is 2.12 bits per heavy atom. The van der Waals surface area contributed by atoms with Crippen LogP contribution in [0.1, 0.15) is 43.8 Å². The van der Waals surface area contributed by atoms with Gasteiger partial charge in [0.05, 0.1) is 35.4 Å².